The highest BCUT2D eigenvalue weighted by atomic mass is 16.1. The van der Waals surface area contributed by atoms with Crippen LogP contribution in [0.25, 0.3) is 0 Å². The van der Waals surface area contributed by atoms with Gasteiger partial charge in [0.1, 0.15) is 0 Å². The Morgan fingerprint density at radius 1 is 1.32 bits per heavy atom. The Hall–Kier alpha value is -1.15. The fourth-order valence-corrected chi connectivity index (χ4v) is 2.97. The standard InChI is InChI=1S/C17H25NO/c1-17(2)9-6-13(7-10-17)14-4-3-5-15(12-14)16(19)8-11-18/h3-5,12-13H,6-11,18H2,1-2H3. The predicted molar refractivity (Wildman–Crippen MR) is 79.4 cm³/mol. The van der Waals surface area contributed by atoms with E-state index in [2.05, 4.69) is 26.0 Å². The molecule has 0 aliphatic heterocycles. The van der Waals surface area contributed by atoms with Crippen molar-refractivity contribution in [1.29, 1.82) is 0 Å². The van der Waals surface area contributed by atoms with Gasteiger partial charge in [0.2, 0.25) is 0 Å². The molecule has 0 aromatic heterocycles. The lowest BCUT2D eigenvalue weighted by molar-refractivity contribution is 0.0985. The van der Waals surface area contributed by atoms with Gasteiger partial charge in [-0.3, -0.25) is 4.79 Å². The van der Waals surface area contributed by atoms with Gasteiger partial charge in [-0.05, 0) is 55.2 Å². The number of ketones is 1. The number of carbonyl (C=O) groups excluding carboxylic acids is 1. The Balaban J connectivity index is 2.09. The molecule has 0 saturated heterocycles. The molecule has 104 valence electrons. The number of Topliss-reactive ketones (excluding diaryl/α,β-unsaturated/α-hetero) is 1. The molecular weight excluding hydrogens is 234 g/mol. The summed E-state index contributed by atoms with van der Waals surface area (Å²) in [5.41, 5.74) is 8.10. The van der Waals surface area contributed by atoms with Gasteiger partial charge in [-0.15, -0.1) is 0 Å². The quantitative estimate of drug-likeness (QED) is 0.833. The topological polar surface area (TPSA) is 43.1 Å². The first kappa shape index (κ1) is 14.3. The third-order valence-corrected chi connectivity index (χ3v) is 4.39. The zero-order valence-corrected chi connectivity index (χ0v) is 12.1. The number of hydrogen-bond donors (Lipinski definition) is 1. The molecule has 0 amide bonds. The molecule has 0 spiro atoms. The third kappa shape index (κ3) is 3.66. The lowest BCUT2D eigenvalue weighted by atomic mass is 9.71. The minimum atomic E-state index is 0.167. The van der Waals surface area contributed by atoms with Crippen LogP contribution in [0.1, 0.15) is 67.8 Å². The second kappa shape index (κ2) is 5.87. The molecule has 1 saturated carbocycles. The zero-order valence-electron chi connectivity index (χ0n) is 12.1. The van der Waals surface area contributed by atoms with E-state index in [1.807, 2.05) is 12.1 Å². The van der Waals surface area contributed by atoms with Crippen LogP contribution in [0.15, 0.2) is 24.3 Å². The van der Waals surface area contributed by atoms with Gasteiger partial charge in [0.05, 0.1) is 0 Å². The summed E-state index contributed by atoms with van der Waals surface area (Å²) < 4.78 is 0. The summed E-state index contributed by atoms with van der Waals surface area (Å²) in [5.74, 6) is 0.791. The highest BCUT2D eigenvalue weighted by Gasteiger charge is 2.27. The maximum Gasteiger partial charge on any atom is 0.164 e. The molecule has 1 aliphatic rings. The summed E-state index contributed by atoms with van der Waals surface area (Å²) in [5, 5.41) is 0. The number of rotatable bonds is 4. The van der Waals surface area contributed by atoms with Crippen molar-refractivity contribution in [3.8, 4) is 0 Å². The van der Waals surface area contributed by atoms with Crippen LogP contribution < -0.4 is 5.73 Å². The highest BCUT2D eigenvalue weighted by molar-refractivity contribution is 5.96. The molecule has 1 fully saturated rings. The Bertz CT molecular complexity index is 440. The number of benzene rings is 1. The van der Waals surface area contributed by atoms with Crippen LogP contribution >= 0.6 is 0 Å². The van der Waals surface area contributed by atoms with E-state index in [0.717, 1.165) is 5.56 Å². The van der Waals surface area contributed by atoms with E-state index in [1.54, 1.807) is 0 Å². The van der Waals surface area contributed by atoms with Crippen molar-refractivity contribution in [2.24, 2.45) is 11.1 Å². The average Bonchev–Trinajstić information content (AvgIpc) is 2.39. The van der Waals surface area contributed by atoms with E-state index in [1.165, 1.54) is 31.2 Å². The van der Waals surface area contributed by atoms with E-state index in [0.29, 0.717) is 24.3 Å². The molecular formula is C17H25NO. The van der Waals surface area contributed by atoms with Gasteiger partial charge in [0.15, 0.2) is 5.78 Å². The minimum Gasteiger partial charge on any atom is -0.330 e. The molecule has 1 aromatic rings. The fraction of sp³-hybridized carbons (Fsp3) is 0.588. The summed E-state index contributed by atoms with van der Waals surface area (Å²) >= 11 is 0. The normalized spacial score (nSPS) is 19.3. The average molecular weight is 259 g/mol. The predicted octanol–water partition coefficient (Wildman–Crippen LogP) is 3.90. The van der Waals surface area contributed by atoms with Crippen molar-refractivity contribution >= 4 is 5.78 Å². The first-order valence-electron chi connectivity index (χ1n) is 7.35. The summed E-state index contributed by atoms with van der Waals surface area (Å²) in [6.45, 7) is 5.13. The maximum absolute atomic E-state index is 11.9. The van der Waals surface area contributed by atoms with Crippen LogP contribution in [0.3, 0.4) is 0 Å². The first-order valence-corrected chi connectivity index (χ1v) is 7.35. The van der Waals surface area contributed by atoms with Crippen LogP contribution in [0.4, 0.5) is 0 Å². The van der Waals surface area contributed by atoms with E-state index in [9.17, 15) is 4.79 Å². The lowest BCUT2D eigenvalue weighted by Gasteiger charge is -2.34. The first-order chi connectivity index (χ1) is 9.02. The molecule has 1 aliphatic carbocycles. The molecule has 0 atom stereocenters. The van der Waals surface area contributed by atoms with Gasteiger partial charge in [-0.2, -0.15) is 0 Å². The van der Waals surface area contributed by atoms with E-state index in [-0.39, 0.29) is 5.78 Å². The summed E-state index contributed by atoms with van der Waals surface area (Å²) in [6.07, 6.45) is 5.47. The van der Waals surface area contributed by atoms with E-state index < -0.39 is 0 Å². The second-order valence-corrected chi connectivity index (χ2v) is 6.53. The zero-order chi connectivity index (χ0) is 13.9. The molecule has 0 heterocycles. The van der Waals surface area contributed by atoms with Gasteiger partial charge in [0.25, 0.3) is 0 Å². The van der Waals surface area contributed by atoms with Crippen molar-refractivity contribution in [2.75, 3.05) is 6.54 Å². The molecule has 2 N–H and O–H groups in total. The molecule has 19 heavy (non-hydrogen) atoms. The molecule has 0 radical (unpaired) electrons. The Kier molecular flexibility index (Phi) is 4.41. The molecule has 0 bridgehead atoms. The summed E-state index contributed by atoms with van der Waals surface area (Å²) in [6, 6.07) is 8.18. The maximum atomic E-state index is 11.9. The smallest absolute Gasteiger partial charge is 0.164 e. The van der Waals surface area contributed by atoms with E-state index in [4.69, 9.17) is 5.73 Å². The minimum absolute atomic E-state index is 0.167. The molecule has 2 nitrogen and oxygen atoms in total. The Morgan fingerprint density at radius 2 is 2.00 bits per heavy atom. The van der Waals surface area contributed by atoms with Gasteiger partial charge >= 0.3 is 0 Å². The SMILES string of the molecule is CC1(C)CCC(c2cccc(C(=O)CCN)c2)CC1. The Labute approximate surface area is 116 Å². The Morgan fingerprint density at radius 3 is 2.63 bits per heavy atom. The van der Waals surface area contributed by atoms with Crippen molar-refractivity contribution < 1.29 is 4.79 Å². The van der Waals surface area contributed by atoms with Crippen molar-refractivity contribution in [3.05, 3.63) is 35.4 Å². The van der Waals surface area contributed by atoms with Crippen molar-refractivity contribution in [1.82, 2.24) is 0 Å². The number of carbonyl (C=O) groups is 1. The number of hydrogen-bond acceptors (Lipinski definition) is 2. The summed E-state index contributed by atoms with van der Waals surface area (Å²) in [4.78, 5) is 11.9. The van der Waals surface area contributed by atoms with Gasteiger partial charge < -0.3 is 5.73 Å². The second-order valence-electron chi connectivity index (χ2n) is 6.53. The third-order valence-electron chi connectivity index (χ3n) is 4.39. The molecule has 2 heteroatoms. The van der Waals surface area contributed by atoms with Gasteiger partial charge in [0, 0.05) is 12.0 Å². The molecule has 1 aromatic carbocycles. The summed E-state index contributed by atoms with van der Waals surface area (Å²) in [7, 11) is 0. The van der Waals surface area contributed by atoms with Crippen LogP contribution in [0, 0.1) is 5.41 Å². The van der Waals surface area contributed by atoms with Crippen LogP contribution in [0.2, 0.25) is 0 Å². The van der Waals surface area contributed by atoms with Crippen molar-refractivity contribution in [3.63, 3.8) is 0 Å². The van der Waals surface area contributed by atoms with Crippen LogP contribution in [-0.2, 0) is 0 Å². The van der Waals surface area contributed by atoms with Crippen molar-refractivity contribution in [2.45, 2.75) is 51.9 Å². The van der Waals surface area contributed by atoms with Gasteiger partial charge in [-0.25, -0.2) is 0 Å². The van der Waals surface area contributed by atoms with E-state index >= 15 is 0 Å². The fourth-order valence-electron chi connectivity index (χ4n) is 2.97. The monoisotopic (exact) mass is 259 g/mol. The lowest BCUT2D eigenvalue weighted by Crippen LogP contribution is -2.20. The molecule has 0 unspecified atom stereocenters. The molecule has 2 rings (SSSR count). The number of nitrogens with two attached hydrogens (primary N) is 1. The largest absolute Gasteiger partial charge is 0.330 e. The van der Waals surface area contributed by atoms with Gasteiger partial charge in [-0.1, -0.05) is 32.0 Å². The van der Waals surface area contributed by atoms with Crippen LogP contribution in [-0.4, -0.2) is 12.3 Å². The highest BCUT2D eigenvalue weighted by Crippen LogP contribution is 2.42. The van der Waals surface area contributed by atoms with Crippen LogP contribution in [0.5, 0.6) is 0 Å².